The van der Waals surface area contributed by atoms with Gasteiger partial charge >= 0.3 is 0 Å². The van der Waals surface area contributed by atoms with Crippen molar-refractivity contribution in [1.82, 2.24) is 15.0 Å². The number of hydrogen-bond acceptors (Lipinski definition) is 6. The van der Waals surface area contributed by atoms with Gasteiger partial charge in [-0.3, -0.25) is 9.78 Å². The van der Waals surface area contributed by atoms with E-state index in [1.165, 1.54) is 6.92 Å². The highest BCUT2D eigenvalue weighted by Crippen LogP contribution is 2.17. The van der Waals surface area contributed by atoms with E-state index in [9.17, 15) is 9.90 Å². The zero-order valence-corrected chi connectivity index (χ0v) is 11.8. The third-order valence-electron chi connectivity index (χ3n) is 2.87. The fourth-order valence-electron chi connectivity index (χ4n) is 1.86. The quantitative estimate of drug-likeness (QED) is 0.737. The fourth-order valence-corrected chi connectivity index (χ4v) is 1.86. The van der Waals surface area contributed by atoms with E-state index in [0.717, 1.165) is 11.3 Å². The number of aliphatic hydroxyl groups is 1. The van der Waals surface area contributed by atoms with Crippen molar-refractivity contribution in [3.8, 4) is 11.4 Å². The average Bonchev–Trinajstić information content (AvgIpc) is 2.44. The van der Waals surface area contributed by atoms with E-state index in [2.05, 4.69) is 20.3 Å². The van der Waals surface area contributed by atoms with Gasteiger partial charge in [0.1, 0.15) is 11.9 Å². The van der Waals surface area contributed by atoms with Gasteiger partial charge < -0.3 is 16.2 Å². The van der Waals surface area contributed by atoms with Crippen LogP contribution in [-0.4, -0.2) is 38.1 Å². The molecule has 0 bridgehead atoms. The van der Waals surface area contributed by atoms with Crippen LogP contribution in [0.15, 0.2) is 30.6 Å². The number of nitrogens with one attached hydrogen (secondary N) is 1. The van der Waals surface area contributed by atoms with Crippen LogP contribution in [0.25, 0.3) is 11.4 Å². The van der Waals surface area contributed by atoms with Crippen LogP contribution < -0.4 is 11.1 Å². The number of anilines is 1. The number of rotatable bonds is 5. The lowest BCUT2D eigenvalue weighted by Crippen LogP contribution is -2.43. The largest absolute Gasteiger partial charge is 0.391 e. The van der Waals surface area contributed by atoms with Gasteiger partial charge in [0.25, 0.3) is 0 Å². The SMILES string of the molecule is Cc1cc(N[C@H](C(N)=O)[C@@H](C)O)nc(-c2cccnc2)n1. The Bertz CT molecular complexity index is 631. The molecular weight excluding hydrogens is 270 g/mol. The molecule has 1 amide bonds. The molecule has 0 saturated heterocycles. The number of primary amides is 1. The Kier molecular flexibility index (Phi) is 4.44. The van der Waals surface area contributed by atoms with Crippen molar-refractivity contribution in [3.63, 3.8) is 0 Å². The summed E-state index contributed by atoms with van der Waals surface area (Å²) in [4.78, 5) is 24.0. The van der Waals surface area contributed by atoms with E-state index < -0.39 is 18.1 Å². The van der Waals surface area contributed by atoms with Crippen LogP contribution >= 0.6 is 0 Å². The molecule has 7 nitrogen and oxygen atoms in total. The van der Waals surface area contributed by atoms with Gasteiger partial charge in [0.2, 0.25) is 5.91 Å². The first-order valence-electron chi connectivity index (χ1n) is 6.47. The van der Waals surface area contributed by atoms with Gasteiger partial charge in [-0.05, 0) is 26.0 Å². The minimum absolute atomic E-state index is 0.422. The Labute approximate surface area is 122 Å². The summed E-state index contributed by atoms with van der Waals surface area (Å²) in [5, 5.41) is 12.4. The van der Waals surface area contributed by atoms with Crippen molar-refractivity contribution >= 4 is 11.7 Å². The maximum absolute atomic E-state index is 11.3. The van der Waals surface area contributed by atoms with E-state index in [0.29, 0.717) is 11.6 Å². The number of carbonyl (C=O) groups is 1. The summed E-state index contributed by atoms with van der Waals surface area (Å²) < 4.78 is 0. The molecule has 0 aliphatic rings. The molecule has 0 aromatic carbocycles. The van der Waals surface area contributed by atoms with E-state index in [1.807, 2.05) is 13.0 Å². The number of aryl methyl sites for hydroxylation is 1. The van der Waals surface area contributed by atoms with Crippen molar-refractivity contribution in [2.75, 3.05) is 5.32 Å². The van der Waals surface area contributed by atoms with Gasteiger partial charge in [0, 0.05) is 29.7 Å². The molecule has 0 aliphatic carbocycles. The summed E-state index contributed by atoms with van der Waals surface area (Å²) in [6.07, 6.45) is 2.38. The Hall–Kier alpha value is -2.54. The van der Waals surface area contributed by atoms with Crippen molar-refractivity contribution in [3.05, 3.63) is 36.3 Å². The smallest absolute Gasteiger partial charge is 0.242 e. The predicted octanol–water partition coefficient (Wildman–Crippen LogP) is 0.494. The number of hydrogen-bond donors (Lipinski definition) is 3. The summed E-state index contributed by atoms with van der Waals surface area (Å²) in [5.74, 6) is 0.259. The fraction of sp³-hybridized carbons (Fsp3) is 0.286. The monoisotopic (exact) mass is 287 g/mol. The minimum Gasteiger partial charge on any atom is -0.391 e. The second-order valence-corrected chi connectivity index (χ2v) is 4.72. The van der Waals surface area contributed by atoms with Gasteiger partial charge in [-0.1, -0.05) is 0 Å². The third kappa shape index (κ3) is 3.73. The zero-order chi connectivity index (χ0) is 15.4. The molecule has 4 N–H and O–H groups in total. The molecule has 2 rings (SSSR count). The van der Waals surface area contributed by atoms with E-state index in [-0.39, 0.29) is 0 Å². The van der Waals surface area contributed by atoms with Crippen molar-refractivity contribution < 1.29 is 9.90 Å². The van der Waals surface area contributed by atoms with E-state index in [4.69, 9.17) is 5.73 Å². The van der Waals surface area contributed by atoms with Crippen LogP contribution in [0.5, 0.6) is 0 Å². The first kappa shape index (κ1) is 14.9. The molecule has 0 unspecified atom stereocenters. The van der Waals surface area contributed by atoms with E-state index in [1.54, 1.807) is 24.5 Å². The number of aromatic nitrogens is 3. The van der Waals surface area contributed by atoms with Crippen LogP contribution in [0.3, 0.4) is 0 Å². The van der Waals surface area contributed by atoms with Crippen LogP contribution in [0.4, 0.5) is 5.82 Å². The second kappa shape index (κ2) is 6.27. The summed E-state index contributed by atoms with van der Waals surface area (Å²) in [6.45, 7) is 3.30. The van der Waals surface area contributed by atoms with Gasteiger partial charge in [0.05, 0.1) is 6.10 Å². The molecule has 2 aromatic heterocycles. The standard InChI is InChI=1S/C14H17N5O2/c1-8-6-11(18-12(9(2)20)13(15)21)19-14(17-8)10-4-3-5-16-7-10/h3-7,9,12,20H,1-2H3,(H2,15,21)(H,17,18,19)/t9-,12+/m1/s1. The first-order chi connectivity index (χ1) is 9.97. The number of carbonyl (C=O) groups excluding carboxylic acids is 1. The van der Waals surface area contributed by atoms with Gasteiger partial charge in [0.15, 0.2) is 5.82 Å². The maximum Gasteiger partial charge on any atom is 0.242 e. The summed E-state index contributed by atoms with van der Waals surface area (Å²) >= 11 is 0. The summed E-state index contributed by atoms with van der Waals surface area (Å²) in [5.41, 5.74) is 6.74. The molecule has 2 atom stereocenters. The Morgan fingerprint density at radius 2 is 2.19 bits per heavy atom. The Morgan fingerprint density at radius 1 is 1.43 bits per heavy atom. The van der Waals surface area contributed by atoms with Gasteiger partial charge in [-0.2, -0.15) is 0 Å². The van der Waals surface area contributed by atoms with Crippen LogP contribution in [0, 0.1) is 6.92 Å². The summed E-state index contributed by atoms with van der Waals surface area (Å²) in [6, 6.07) is 4.39. The second-order valence-electron chi connectivity index (χ2n) is 4.72. The third-order valence-corrected chi connectivity index (χ3v) is 2.87. The lowest BCUT2D eigenvalue weighted by Gasteiger charge is -2.19. The number of nitrogens with zero attached hydrogens (tertiary/aromatic N) is 3. The zero-order valence-electron chi connectivity index (χ0n) is 11.8. The first-order valence-corrected chi connectivity index (χ1v) is 6.47. The molecule has 2 heterocycles. The topological polar surface area (TPSA) is 114 Å². The van der Waals surface area contributed by atoms with Crippen LogP contribution in [0.1, 0.15) is 12.6 Å². The average molecular weight is 287 g/mol. The molecular formula is C14H17N5O2. The number of aliphatic hydroxyl groups excluding tert-OH is 1. The van der Waals surface area contributed by atoms with Crippen molar-refractivity contribution in [2.45, 2.75) is 26.0 Å². The molecule has 0 saturated carbocycles. The molecule has 21 heavy (non-hydrogen) atoms. The highest BCUT2D eigenvalue weighted by atomic mass is 16.3. The normalized spacial score (nSPS) is 13.5. The molecule has 0 radical (unpaired) electrons. The molecule has 0 aliphatic heterocycles. The number of amides is 1. The van der Waals surface area contributed by atoms with Crippen molar-refractivity contribution in [2.24, 2.45) is 5.73 Å². The lowest BCUT2D eigenvalue weighted by molar-refractivity contribution is -0.120. The minimum atomic E-state index is -0.931. The molecule has 2 aromatic rings. The molecule has 0 spiro atoms. The number of nitrogens with two attached hydrogens (primary N) is 1. The predicted molar refractivity (Wildman–Crippen MR) is 78.3 cm³/mol. The molecule has 110 valence electrons. The lowest BCUT2D eigenvalue weighted by atomic mass is 10.1. The van der Waals surface area contributed by atoms with Crippen molar-refractivity contribution in [1.29, 1.82) is 0 Å². The molecule has 0 fully saturated rings. The van der Waals surface area contributed by atoms with Crippen LogP contribution in [-0.2, 0) is 4.79 Å². The summed E-state index contributed by atoms with van der Waals surface area (Å²) in [7, 11) is 0. The highest BCUT2D eigenvalue weighted by molar-refractivity contribution is 5.83. The van der Waals surface area contributed by atoms with Gasteiger partial charge in [-0.15, -0.1) is 0 Å². The Morgan fingerprint density at radius 3 is 2.76 bits per heavy atom. The highest BCUT2D eigenvalue weighted by Gasteiger charge is 2.21. The maximum atomic E-state index is 11.3. The van der Waals surface area contributed by atoms with E-state index >= 15 is 0 Å². The van der Waals surface area contributed by atoms with Crippen LogP contribution in [0.2, 0.25) is 0 Å². The Balaban J connectivity index is 2.33. The number of pyridine rings is 1. The molecule has 7 heteroatoms. The van der Waals surface area contributed by atoms with Gasteiger partial charge in [-0.25, -0.2) is 9.97 Å².